The Morgan fingerprint density at radius 2 is 1.92 bits per heavy atom. The molecule has 1 N–H and O–H groups in total. The monoisotopic (exact) mass is 362 g/mol. The topological polar surface area (TPSA) is 65.0 Å². The molecule has 4 atom stereocenters. The Hall–Kier alpha value is -1.27. The number of aliphatic hydroxyl groups is 1. The SMILES string of the molecule is C[C@H](OCc1ccccc1)[C@H](O)[C@@H](C)C(=O)[C@@H]1COC2(CCCCC2)O1. The smallest absolute Gasteiger partial charge is 0.169 e. The highest BCUT2D eigenvalue weighted by molar-refractivity contribution is 5.86. The predicted molar refractivity (Wildman–Crippen MR) is 97.5 cm³/mol. The van der Waals surface area contributed by atoms with Crippen molar-refractivity contribution in [1.29, 1.82) is 0 Å². The van der Waals surface area contributed by atoms with Gasteiger partial charge in [0.25, 0.3) is 0 Å². The lowest BCUT2D eigenvalue weighted by atomic mass is 9.92. The number of hydrogen-bond acceptors (Lipinski definition) is 5. The van der Waals surface area contributed by atoms with Crippen molar-refractivity contribution in [2.24, 2.45) is 5.92 Å². The molecule has 0 unspecified atom stereocenters. The second kappa shape index (κ2) is 8.61. The molecule has 1 heterocycles. The molecule has 0 amide bonds. The quantitative estimate of drug-likeness (QED) is 0.807. The molecule has 0 aromatic heterocycles. The molecule has 26 heavy (non-hydrogen) atoms. The minimum absolute atomic E-state index is 0.102. The van der Waals surface area contributed by atoms with E-state index in [-0.39, 0.29) is 12.4 Å². The highest BCUT2D eigenvalue weighted by atomic mass is 16.7. The van der Waals surface area contributed by atoms with Crippen LogP contribution in [0.4, 0.5) is 0 Å². The van der Waals surface area contributed by atoms with Gasteiger partial charge in [-0.05, 0) is 25.3 Å². The minimum Gasteiger partial charge on any atom is -0.390 e. The van der Waals surface area contributed by atoms with Gasteiger partial charge in [0, 0.05) is 18.8 Å². The standard InChI is InChI=1S/C21H30O5/c1-15(19(22)16(2)24-13-17-9-5-3-6-10-17)20(23)18-14-25-21(26-18)11-7-4-8-12-21/h3,5-6,9-10,15-16,18-19,22H,4,7-8,11-14H2,1-2H3/t15-,16+,18+,19-/m1/s1. The van der Waals surface area contributed by atoms with Crippen molar-refractivity contribution in [2.45, 2.75) is 76.7 Å². The molecular formula is C21H30O5. The zero-order valence-electron chi connectivity index (χ0n) is 15.7. The van der Waals surface area contributed by atoms with Crippen molar-refractivity contribution in [3.63, 3.8) is 0 Å². The Kier molecular flexibility index (Phi) is 6.46. The molecule has 3 rings (SSSR count). The third-order valence-electron chi connectivity index (χ3n) is 5.59. The Bertz CT molecular complexity index is 581. The zero-order valence-corrected chi connectivity index (χ0v) is 15.7. The Morgan fingerprint density at radius 1 is 1.23 bits per heavy atom. The average molecular weight is 362 g/mol. The lowest BCUT2D eigenvalue weighted by Gasteiger charge is -2.32. The van der Waals surface area contributed by atoms with E-state index in [1.165, 1.54) is 6.42 Å². The maximum Gasteiger partial charge on any atom is 0.169 e. The van der Waals surface area contributed by atoms with Gasteiger partial charge >= 0.3 is 0 Å². The molecule has 1 aromatic carbocycles. The lowest BCUT2D eigenvalue weighted by molar-refractivity contribution is -0.190. The number of carbonyl (C=O) groups is 1. The largest absolute Gasteiger partial charge is 0.390 e. The summed E-state index contributed by atoms with van der Waals surface area (Å²) >= 11 is 0. The predicted octanol–water partition coefficient (Wildman–Crippen LogP) is 3.23. The van der Waals surface area contributed by atoms with Crippen LogP contribution in [0, 0.1) is 5.92 Å². The van der Waals surface area contributed by atoms with E-state index in [2.05, 4.69) is 0 Å². The molecule has 1 aliphatic heterocycles. The van der Waals surface area contributed by atoms with Crippen molar-refractivity contribution in [2.75, 3.05) is 6.61 Å². The van der Waals surface area contributed by atoms with Crippen LogP contribution < -0.4 is 0 Å². The first-order valence-corrected chi connectivity index (χ1v) is 9.70. The van der Waals surface area contributed by atoms with Crippen LogP contribution in [0.25, 0.3) is 0 Å². The summed E-state index contributed by atoms with van der Waals surface area (Å²) in [7, 11) is 0. The fraction of sp³-hybridized carbons (Fsp3) is 0.667. The van der Waals surface area contributed by atoms with Gasteiger partial charge in [-0.2, -0.15) is 0 Å². The van der Waals surface area contributed by atoms with E-state index in [4.69, 9.17) is 14.2 Å². The minimum atomic E-state index is -0.877. The van der Waals surface area contributed by atoms with E-state index >= 15 is 0 Å². The third-order valence-corrected chi connectivity index (χ3v) is 5.59. The summed E-state index contributed by atoms with van der Waals surface area (Å²) in [6, 6.07) is 9.79. The van der Waals surface area contributed by atoms with E-state index in [0.29, 0.717) is 6.61 Å². The highest BCUT2D eigenvalue weighted by Crippen LogP contribution is 2.38. The van der Waals surface area contributed by atoms with Gasteiger partial charge in [-0.3, -0.25) is 4.79 Å². The second-order valence-electron chi connectivity index (χ2n) is 7.57. The fourth-order valence-electron chi connectivity index (χ4n) is 3.82. The maximum atomic E-state index is 12.8. The van der Waals surface area contributed by atoms with Crippen LogP contribution in [-0.4, -0.2) is 41.6 Å². The number of ether oxygens (including phenoxy) is 3. The van der Waals surface area contributed by atoms with Gasteiger partial charge < -0.3 is 19.3 Å². The molecule has 1 spiro atoms. The van der Waals surface area contributed by atoms with Gasteiger partial charge in [-0.25, -0.2) is 0 Å². The number of rotatable bonds is 7. The van der Waals surface area contributed by atoms with Gasteiger partial charge in [0.05, 0.1) is 25.4 Å². The van der Waals surface area contributed by atoms with Gasteiger partial charge in [0.1, 0.15) is 6.10 Å². The van der Waals surface area contributed by atoms with Gasteiger partial charge in [-0.15, -0.1) is 0 Å². The molecule has 1 saturated heterocycles. The molecule has 1 saturated carbocycles. The van der Waals surface area contributed by atoms with Gasteiger partial charge in [0.15, 0.2) is 11.6 Å². The van der Waals surface area contributed by atoms with Crippen LogP contribution >= 0.6 is 0 Å². The molecule has 2 fully saturated rings. The summed E-state index contributed by atoms with van der Waals surface area (Å²) < 4.78 is 17.6. The number of carbonyl (C=O) groups excluding carboxylic acids is 1. The summed E-state index contributed by atoms with van der Waals surface area (Å²) in [5.41, 5.74) is 1.04. The van der Waals surface area contributed by atoms with Crippen LogP contribution in [0.5, 0.6) is 0 Å². The van der Waals surface area contributed by atoms with Crippen molar-refractivity contribution < 1.29 is 24.1 Å². The molecule has 1 aliphatic carbocycles. The van der Waals surface area contributed by atoms with Crippen LogP contribution in [0.1, 0.15) is 51.5 Å². The molecule has 0 radical (unpaired) electrons. The molecular weight excluding hydrogens is 332 g/mol. The summed E-state index contributed by atoms with van der Waals surface area (Å²) in [6.45, 7) is 4.23. The normalized spacial score (nSPS) is 25.7. The first kappa shape index (κ1) is 19.5. The van der Waals surface area contributed by atoms with E-state index < -0.39 is 30.0 Å². The molecule has 5 nitrogen and oxygen atoms in total. The van der Waals surface area contributed by atoms with E-state index in [1.54, 1.807) is 13.8 Å². The molecule has 0 bridgehead atoms. The average Bonchev–Trinajstić information content (AvgIpc) is 3.09. The zero-order chi connectivity index (χ0) is 18.6. The fourth-order valence-corrected chi connectivity index (χ4v) is 3.82. The summed E-state index contributed by atoms with van der Waals surface area (Å²) in [5.74, 6) is -1.23. The van der Waals surface area contributed by atoms with Crippen molar-refractivity contribution in [3.05, 3.63) is 35.9 Å². The number of benzene rings is 1. The first-order valence-electron chi connectivity index (χ1n) is 9.70. The summed E-state index contributed by atoms with van der Waals surface area (Å²) in [5, 5.41) is 10.6. The Morgan fingerprint density at radius 3 is 2.62 bits per heavy atom. The van der Waals surface area contributed by atoms with Crippen LogP contribution in [0.3, 0.4) is 0 Å². The number of Topliss-reactive ketones (excluding diaryl/α,β-unsaturated/α-hetero) is 1. The van der Waals surface area contributed by atoms with Crippen molar-refractivity contribution >= 4 is 5.78 Å². The number of hydrogen-bond donors (Lipinski definition) is 1. The van der Waals surface area contributed by atoms with Crippen LogP contribution in [0.15, 0.2) is 30.3 Å². The van der Waals surface area contributed by atoms with Crippen LogP contribution in [-0.2, 0) is 25.6 Å². The molecule has 5 heteroatoms. The number of ketones is 1. The summed E-state index contributed by atoms with van der Waals surface area (Å²) in [6.07, 6.45) is 3.14. The second-order valence-corrected chi connectivity index (χ2v) is 7.57. The molecule has 144 valence electrons. The molecule has 2 aliphatic rings. The Labute approximate surface area is 155 Å². The maximum absolute atomic E-state index is 12.8. The van der Waals surface area contributed by atoms with E-state index in [0.717, 1.165) is 31.2 Å². The third kappa shape index (κ3) is 4.52. The number of aliphatic hydroxyl groups excluding tert-OH is 1. The first-order chi connectivity index (χ1) is 12.5. The molecule has 1 aromatic rings. The van der Waals surface area contributed by atoms with Crippen molar-refractivity contribution in [1.82, 2.24) is 0 Å². The summed E-state index contributed by atoms with van der Waals surface area (Å²) in [4.78, 5) is 12.8. The van der Waals surface area contributed by atoms with E-state index in [1.807, 2.05) is 30.3 Å². The van der Waals surface area contributed by atoms with Crippen molar-refractivity contribution in [3.8, 4) is 0 Å². The highest BCUT2D eigenvalue weighted by Gasteiger charge is 2.46. The Balaban J connectivity index is 1.50. The lowest BCUT2D eigenvalue weighted by Crippen LogP contribution is -2.42. The van der Waals surface area contributed by atoms with Crippen LogP contribution in [0.2, 0.25) is 0 Å². The van der Waals surface area contributed by atoms with Gasteiger partial charge in [0.2, 0.25) is 0 Å². The van der Waals surface area contributed by atoms with E-state index in [9.17, 15) is 9.90 Å². The van der Waals surface area contributed by atoms with Gasteiger partial charge in [-0.1, -0.05) is 43.7 Å².